The van der Waals surface area contributed by atoms with Gasteiger partial charge < -0.3 is 4.74 Å². The third-order valence-electron chi connectivity index (χ3n) is 3.19. The summed E-state index contributed by atoms with van der Waals surface area (Å²) in [5, 5.41) is 4.48. The van der Waals surface area contributed by atoms with Crippen LogP contribution >= 0.6 is 0 Å². The fraction of sp³-hybridized carbons (Fsp3) is 0.400. The maximum absolute atomic E-state index is 11.6. The lowest BCUT2D eigenvalue weighted by Gasteiger charge is -2.05. The average molecular weight is 273 g/mol. The van der Waals surface area contributed by atoms with E-state index in [-0.39, 0.29) is 12.4 Å². The summed E-state index contributed by atoms with van der Waals surface area (Å²) in [5.74, 6) is 0.538. The Morgan fingerprint density at radius 2 is 2.10 bits per heavy atom. The Bertz CT molecular complexity index is 632. The molecule has 5 nitrogen and oxygen atoms in total. The molecule has 20 heavy (non-hydrogen) atoms. The third-order valence-corrected chi connectivity index (χ3v) is 3.19. The van der Waals surface area contributed by atoms with E-state index >= 15 is 0 Å². The molecule has 0 saturated carbocycles. The zero-order valence-corrected chi connectivity index (χ0v) is 12.3. The van der Waals surface area contributed by atoms with Gasteiger partial charge in [0.2, 0.25) is 0 Å². The number of carbonyl (C=O) groups is 1. The summed E-state index contributed by atoms with van der Waals surface area (Å²) in [6, 6.07) is 3.91. The molecule has 0 unspecified atom stereocenters. The van der Waals surface area contributed by atoms with Crippen molar-refractivity contribution in [3.05, 3.63) is 40.8 Å². The van der Waals surface area contributed by atoms with Gasteiger partial charge in [-0.25, -0.2) is 9.67 Å². The molecule has 5 heteroatoms. The lowest BCUT2D eigenvalue weighted by molar-refractivity contribution is -0.142. The number of rotatable bonds is 4. The van der Waals surface area contributed by atoms with E-state index in [2.05, 4.69) is 10.1 Å². The number of pyridine rings is 1. The molecule has 0 saturated heterocycles. The van der Waals surface area contributed by atoms with Gasteiger partial charge in [0.1, 0.15) is 0 Å². The molecular formula is C15H19N3O2. The van der Waals surface area contributed by atoms with Crippen LogP contribution in [0.2, 0.25) is 0 Å². The number of hydrogen-bond donors (Lipinski definition) is 0. The normalized spacial score (nSPS) is 10.6. The Balaban J connectivity index is 2.36. The molecule has 0 aliphatic heterocycles. The molecule has 0 atom stereocenters. The highest BCUT2D eigenvalue weighted by Gasteiger charge is 2.16. The van der Waals surface area contributed by atoms with E-state index in [1.54, 1.807) is 17.8 Å². The SMILES string of the molecule is CCOC(=O)Cc1c(C)nn(-c2cc(C)ccn2)c1C. The van der Waals surface area contributed by atoms with Crippen molar-refractivity contribution in [1.29, 1.82) is 0 Å². The van der Waals surface area contributed by atoms with E-state index in [1.807, 2.05) is 32.9 Å². The van der Waals surface area contributed by atoms with Gasteiger partial charge in [-0.2, -0.15) is 5.10 Å². The Kier molecular flexibility index (Phi) is 4.17. The maximum atomic E-state index is 11.6. The van der Waals surface area contributed by atoms with Crippen molar-refractivity contribution >= 4 is 5.97 Å². The van der Waals surface area contributed by atoms with Crippen LogP contribution in [0.3, 0.4) is 0 Å². The van der Waals surface area contributed by atoms with E-state index in [0.29, 0.717) is 6.61 Å². The summed E-state index contributed by atoms with van der Waals surface area (Å²) in [6.07, 6.45) is 2.00. The smallest absolute Gasteiger partial charge is 0.310 e. The first kappa shape index (κ1) is 14.2. The minimum atomic E-state index is -0.226. The molecule has 2 rings (SSSR count). The molecule has 0 aromatic carbocycles. The summed E-state index contributed by atoms with van der Waals surface area (Å²) in [5.41, 5.74) is 3.79. The lowest BCUT2D eigenvalue weighted by Crippen LogP contribution is -2.09. The van der Waals surface area contributed by atoms with Crippen LogP contribution in [0.5, 0.6) is 0 Å². The molecule has 0 aliphatic rings. The zero-order chi connectivity index (χ0) is 14.7. The van der Waals surface area contributed by atoms with Crippen molar-refractivity contribution in [3.8, 4) is 5.82 Å². The summed E-state index contributed by atoms with van der Waals surface area (Å²) < 4.78 is 6.77. The minimum Gasteiger partial charge on any atom is -0.466 e. The highest BCUT2D eigenvalue weighted by molar-refractivity contribution is 5.73. The van der Waals surface area contributed by atoms with Gasteiger partial charge in [0.15, 0.2) is 5.82 Å². The van der Waals surface area contributed by atoms with Crippen molar-refractivity contribution in [1.82, 2.24) is 14.8 Å². The van der Waals surface area contributed by atoms with Gasteiger partial charge in [0, 0.05) is 17.5 Å². The quantitative estimate of drug-likeness (QED) is 0.802. The topological polar surface area (TPSA) is 57.0 Å². The molecule has 0 amide bonds. The second-order valence-corrected chi connectivity index (χ2v) is 4.73. The number of carbonyl (C=O) groups excluding carboxylic acids is 1. The highest BCUT2D eigenvalue weighted by Crippen LogP contribution is 2.18. The molecule has 0 aliphatic carbocycles. The molecular weight excluding hydrogens is 254 g/mol. The Hall–Kier alpha value is -2.17. The molecule has 0 N–H and O–H groups in total. The second kappa shape index (κ2) is 5.86. The maximum Gasteiger partial charge on any atom is 0.310 e. The first-order valence-corrected chi connectivity index (χ1v) is 6.66. The molecule has 2 aromatic heterocycles. The fourth-order valence-corrected chi connectivity index (χ4v) is 2.15. The zero-order valence-electron chi connectivity index (χ0n) is 12.3. The van der Waals surface area contributed by atoms with Crippen molar-refractivity contribution in [2.75, 3.05) is 6.61 Å². The Morgan fingerprint density at radius 3 is 2.75 bits per heavy atom. The van der Waals surface area contributed by atoms with Gasteiger partial charge in [-0.15, -0.1) is 0 Å². The van der Waals surface area contributed by atoms with E-state index < -0.39 is 0 Å². The van der Waals surface area contributed by atoms with Crippen molar-refractivity contribution in [3.63, 3.8) is 0 Å². The predicted molar refractivity (Wildman–Crippen MR) is 75.9 cm³/mol. The first-order chi connectivity index (χ1) is 9.52. The van der Waals surface area contributed by atoms with Gasteiger partial charge in [0.25, 0.3) is 0 Å². The lowest BCUT2D eigenvalue weighted by atomic mass is 10.1. The van der Waals surface area contributed by atoms with Gasteiger partial charge in [-0.1, -0.05) is 0 Å². The van der Waals surface area contributed by atoms with Gasteiger partial charge in [0.05, 0.1) is 18.7 Å². The van der Waals surface area contributed by atoms with Crippen LogP contribution in [0.15, 0.2) is 18.3 Å². The summed E-state index contributed by atoms with van der Waals surface area (Å²) >= 11 is 0. The van der Waals surface area contributed by atoms with E-state index in [1.165, 1.54) is 0 Å². The number of esters is 1. The highest BCUT2D eigenvalue weighted by atomic mass is 16.5. The third kappa shape index (κ3) is 2.87. The minimum absolute atomic E-state index is 0.226. The van der Waals surface area contributed by atoms with Crippen molar-refractivity contribution in [2.24, 2.45) is 0 Å². The van der Waals surface area contributed by atoms with Crippen LogP contribution in [0.4, 0.5) is 0 Å². The average Bonchev–Trinajstić information content (AvgIpc) is 2.67. The standard InChI is InChI=1S/C15H19N3O2/c1-5-20-15(19)9-13-11(3)17-18(12(13)4)14-8-10(2)6-7-16-14/h6-8H,5,9H2,1-4H3. The molecule has 0 bridgehead atoms. The van der Waals surface area contributed by atoms with Crippen LogP contribution in [0, 0.1) is 20.8 Å². The van der Waals surface area contributed by atoms with Crippen molar-refractivity contribution < 1.29 is 9.53 Å². The van der Waals surface area contributed by atoms with Gasteiger partial charge in [-0.3, -0.25) is 4.79 Å². The Morgan fingerprint density at radius 1 is 1.35 bits per heavy atom. The number of aryl methyl sites for hydroxylation is 2. The van der Waals surface area contributed by atoms with Crippen LogP contribution in [0.1, 0.15) is 29.4 Å². The number of nitrogens with zero attached hydrogens (tertiary/aromatic N) is 3. The Labute approximate surface area is 118 Å². The summed E-state index contributed by atoms with van der Waals surface area (Å²) in [7, 11) is 0. The van der Waals surface area contributed by atoms with E-state index in [0.717, 1.165) is 28.3 Å². The number of ether oxygens (including phenoxy) is 1. The molecule has 2 heterocycles. The van der Waals surface area contributed by atoms with Crippen LogP contribution in [-0.2, 0) is 16.0 Å². The summed E-state index contributed by atoms with van der Waals surface area (Å²) in [6.45, 7) is 8.05. The monoisotopic (exact) mass is 273 g/mol. The first-order valence-electron chi connectivity index (χ1n) is 6.66. The molecule has 106 valence electrons. The van der Waals surface area contributed by atoms with Crippen LogP contribution in [-0.4, -0.2) is 27.3 Å². The number of aromatic nitrogens is 3. The van der Waals surface area contributed by atoms with Gasteiger partial charge >= 0.3 is 5.97 Å². The second-order valence-electron chi connectivity index (χ2n) is 4.73. The molecule has 0 radical (unpaired) electrons. The predicted octanol–water partition coefficient (Wildman–Crippen LogP) is 2.30. The molecule has 0 spiro atoms. The van der Waals surface area contributed by atoms with E-state index in [4.69, 9.17) is 4.74 Å². The van der Waals surface area contributed by atoms with Crippen molar-refractivity contribution in [2.45, 2.75) is 34.1 Å². The summed E-state index contributed by atoms with van der Waals surface area (Å²) in [4.78, 5) is 16.0. The number of hydrogen-bond acceptors (Lipinski definition) is 4. The van der Waals surface area contributed by atoms with Crippen LogP contribution < -0.4 is 0 Å². The molecule has 2 aromatic rings. The van der Waals surface area contributed by atoms with Gasteiger partial charge in [-0.05, 0) is 45.4 Å². The largest absolute Gasteiger partial charge is 0.466 e. The van der Waals surface area contributed by atoms with Crippen LogP contribution in [0.25, 0.3) is 5.82 Å². The van der Waals surface area contributed by atoms with E-state index in [9.17, 15) is 4.79 Å². The fourth-order valence-electron chi connectivity index (χ4n) is 2.15. The molecule has 0 fully saturated rings.